The zero-order valence-corrected chi connectivity index (χ0v) is 11.6. The minimum atomic E-state index is -1.16. The van der Waals surface area contributed by atoms with Crippen LogP contribution in [0.15, 0.2) is 6.20 Å². The number of carboxylic acids is 1. The lowest BCUT2D eigenvalue weighted by Crippen LogP contribution is -2.39. The zero-order valence-electron chi connectivity index (χ0n) is 11.6. The van der Waals surface area contributed by atoms with Crippen LogP contribution in [-0.2, 0) is 6.42 Å². The van der Waals surface area contributed by atoms with Crippen molar-refractivity contribution in [2.24, 2.45) is 0 Å². The van der Waals surface area contributed by atoms with Crippen LogP contribution in [-0.4, -0.2) is 43.2 Å². The Balaban J connectivity index is 2.00. The molecule has 0 bridgehead atoms. The fourth-order valence-electron chi connectivity index (χ4n) is 3.22. The molecule has 22 heavy (non-hydrogen) atoms. The maximum Gasteiger partial charge on any atom is 0.355 e. The number of rotatable bonds is 3. The monoisotopic (exact) mass is 303 g/mol. The normalized spacial score (nSPS) is 17.5. The summed E-state index contributed by atoms with van der Waals surface area (Å²) in [7, 11) is 0. The van der Waals surface area contributed by atoms with Crippen LogP contribution in [0.25, 0.3) is 5.65 Å². The van der Waals surface area contributed by atoms with Gasteiger partial charge in [0.1, 0.15) is 12.0 Å². The lowest BCUT2D eigenvalue weighted by Gasteiger charge is -2.36. The number of hydrogen-bond acceptors (Lipinski definition) is 6. The van der Waals surface area contributed by atoms with E-state index in [1.54, 1.807) is 0 Å². The Morgan fingerprint density at radius 2 is 2.23 bits per heavy atom. The smallest absolute Gasteiger partial charge is 0.355 e. The average molecular weight is 303 g/mol. The van der Waals surface area contributed by atoms with Gasteiger partial charge >= 0.3 is 11.7 Å². The number of hydrogen-bond donors (Lipinski definition) is 1. The van der Waals surface area contributed by atoms with Crippen molar-refractivity contribution in [3.63, 3.8) is 0 Å². The predicted molar refractivity (Wildman–Crippen MR) is 75.3 cm³/mol. The fourth-order valence-corrected chi connectivity index (χ4v) is 3.22. The van der Waals surface area contributed by atoms with Gasteiger partial charge in [-0.3, -0.25) is 10.1 Å². The Hall–Kier alpha value is -2.71. The highest BCUT2D eigenvalue weighted by atomic mass is 16.6. The first-order valence-corrected chi connectivity index (χ1v) is 7.13. The molecule has 114 valence electrons. The number of fused-ring (bicyclic) bond motifs is 3. The van der Waals surface area contributed by atoms with Gasteiger partial charge in [0.05, 0.1) is 4.92 Å². The molecule has 1 N–H and O–H groups in total. The van der Waals surface area contributed by atoms with Crippen LogP contribution < -0.4 is 4.90 Å². The second-order valence-corrected chi connectivity index (χ2v) is 5.62. The van der Waals surface area contributed by atoms with Crippen LogP contribution in [0.4, 0.5) is 11.5 Å². The Morgan fingerprint density at radius 1 is 1.45 bits per heavy atom. The number of aromatic carboxylic acids is 1. The van der Waals surface area contributed by atoms with Gasteiger partial charge in [-0.2, -0.15) is 9.61 Å². The Kier molecular flexibility index (Phi) is 2.59. The Morgan fingerprint density at radius 3 is 2.82 bits per heavy atom. The van der Waals surface area contributed by atoms with Crippen molar-refractivity contribution in [2.75, 3.05) is 11.4 Å². The first kappa shape index (κ1) is 13.0. The summed E-state index contributed by atoms with van der Waals surface area (Å²) >= 11 is 0. The number of carboxylic acid groups (broad SMARTS) is 1. The van der Waals surface area contributed by atoms with Crippen molar-refractivity contribution in [3.05, 3.63) is 27.6 Å². The van der Waals surface area contributed by atoms with Gasteiger partial charge in [-0.15, -0.1) is 0 Å². The molecule has 9 nitrogen and oxygen atoms in total. The first-order valence-electron chi connectivity index (χ1n) is 7.13. The summed E-state index contributed by atoms with van der Waals surface area (Å²) in [6.45, 7) is 0.703. The summed E-state index contributed by atoms with van der Waals surface area (Å²) in [4.78, 5) is 28.1. The number of aromatic nitrogens is 3. The first-order chi connectivity index (χ1) is 10.6. The summed E-state index contributed by atoms with van der Waals surface area (Å²) in [5.74, 6) is -0.509. The highest BCUT2D eigenvalue weighted by Gasteiger charge is 2.37. The number of nitro groups is 1. The van der Waals surface area contributed by atoms with E-state index in [1.165, 1.54) is 4.52 Å². The van der Waals surface area contributed by atoms with Crippen molar-refractivity contribution < 1.29 is 14.8 Å². The highest BCUT2D eigenvalue weighted by molar-refractivity contribution is 5.91. The molecule has 4 rings (SSSR count). The van der Waals surface area contributed by atoms with E-state index < -0.39 is 10.9 Å². The van der Waals surface area contributed by atoms with E-state index in [0.29, 0.717) is 30.4 Å². The summed E-state index contributed by atoms with van der Waals surface area (Å²) in [6, 6.07) is 0.358. The molecule has 0 atom stereocenters. The second-order valence-electron chi connectivity index (χ2n) is 5.62. The lowest BCUT2D eigenvalue weighted by atomic mass is 9.92. The van der Waals surface area contributed by atoms with Crippen LogP contribution in [0, 0.1) is 10.1 Å². The fraction of sp³-hybridized carbons (Fsp3) is 0.462. The summed E-state index contributed by atoms with van der Waals surface area (Å²) in [5, 5.41) is 24.6. The molecular formula is C13H13N5O4. The molecule has 2 aromatic rings. The van der Waals surface area contributed by atoms with Crippen LogP contribution in [0.5, 0.6) is 0 Å². The highest BCUT2D eigenvalue weighted by Crippen LogP contribution is 2.38. The molecule has 2 aromatic heterocycles. The molecule has 0 spiro atoms. The van der Waals surface area contributed by atoms with Crippen molar-refractivity contribution >= 4 is 23.1 Å². The summed E-state index contributed by atoms with van der Waals surface area (Å²) in [5.41, 5.74) is 0.232. The molecule has 0 saturated heterocycles. The van der Waals surface area contributed by atoms with Gasteiger partial charge in [0.2, 0.25) is 5.65 Å². The Bertz CT molecular complexity index is 810. The second kappa shape index (κ2) is 4.39. The van der Waals surface area contributed by atoms with Gasteiger partial charge in [-0.05, 0) is 25.7 Å². The molecule has 3 heterocycles. The van der Waals surface area contributed by atoms with Crippen LogP contribution in [0.2, 0.25) is 0 Å². The minimum absolute atomic E-state index is 0.00706. The molecule has 2 aliphatic rings. The number of nitrogens with zero attached hydrogens (tertiary/aromatic N) is 5. The topological polar surface area (TPSA) is 114 Å². The summed E-state index contributed by atoms with van der Waals surface area (Å²) < 4.78 is 1.42. The molecule has 1 aliphatic heterocycles. The van der Waals surface area contributed by atoms with E-state index >= 15 is 0 Å². The van der Waals surface area contributed by atoms with E-state index in [1.807, 2.05) is 0 Å². The molecule has 0 radical (unpaired) electrons. The van der Waals surface area contributed by atoms with Crippen molar-refractivity contribution in [3.8, 4) is 0 Å². The van der Waals surface area contributed by atoms with Crippen LogP contribution >= 0.6 is 0 Å². The number of carbonyl (C=O) groups is 1. The molecule has 1 saturated carbocycles. The van der Waals surface area contributed by atoms with E-state index in [9.17, 15) is 20.0 Å². The summed E-state index contributed by atoms with van der Waals surface area (Å²) in [6.07, 6.45) is 4.95. The minimum Gasteiger partial charge on any atom is -0.476 e. The van der Waals surface area contributed by atoms with E-state index in [4.69, 9.17) is 0 Å². The molecule has 0 aromatic carbocycles. The quantitative estimate of drug-likeness (QED) is 0.670. The van der Waals surface area contributed by atoms with Gasteiger partial charge < -0.3 is 10.0 Å². The lowest BCUT2D eigenvalue weighted by molar-refractivity contribution is -0.383. The molecule has 0 amide bonds. The largest absolute Gasteiger partial charge is 0.476 e. The van der Waals surface area contributed by atoms with Crippen molar-refractivity contribution in [1.82, 2.24) is 14.6 Å². The van der Waals surface area contributed by atoms with Gasteiger partial charge in [0.25, 0.3) is 0 Å². The standard InChI is InChI=1S/C13H13N5O4/c19-13(20)10-8-4-5-16(7-2-1-3-7)12(8)17-11(15-10)9(6-14-17)18(21)22/h6-7H,1-5H2,(H,19,20). The maximum absolute atomic E-state index is 11.5. The predicted octanol–water partition coefficient (Wildman–Crippen LogP) is 1.25. The van der Waals surface area contributed by atoms with Crippen molar-refractivity contribution in [2.45, 2.75) is 31.7 Å². The third kappa shape index (κ3) is 1.62. The third-order valence-electron chi connectivity index (χ3n) is 4.49. The number of anilines is 1. The van der Waals surface area contributed by atoms with E-state index in [2.05, 4.69) is 15.0 Å². The van der Waals surface area contributed by atoms with Gasteiger partial charge in [0, 0.05) is 18.2 Å². The van der Waals surface area contributed by atoms with Crippen LogP contribution in [0.3, 0.4) is 0 Å². The Labute approximate surface area is 124 Å². The van der Waals surface area contributed by atoms with E-state index in [0.717, 1.165) is 25.5 Å². The molecule has 0 unspecified atom stereocenters. The van der Waals surface area contributed by atoms with Gasteiger partial charge in [-0.1, -0.05) is 0 Å². The van der Waals surface area contributed by atoms with E-state index in [-0.39, 0.29) is 17.0 Å². The van der Waals surface area contributed by atoms with Gasteiger partial charge in [0.15, 0.2) is 5.69 Å². The molecule has 1 fully saturated rings. The average Bonchev–Trinajstić information content (AvgIpc) is 2.99. The van der Waals surface area contributed by atoms with Crippen LogP contribution in [0.1, 0.15) is 35.3 Å². The zero-order chi connectivity index (χ0) is 15.4. The van der Waals surface area contributed by atoms with Gasteiger partial charge in [-0.25, -0.2) is 9.78 Å². The van der Waals surface area contributed by atoms with Crippen molar-refractivity contribution in [1.29, 1.82) is 0 Å². The molecule has 9 heteroatoms. The molecular weight excluding hydrogens is 290 g/mol. The molecule has 1 aliphatic carbocycles. The third-order valence-corrected chi connectivity index (χ3v) is 4.49. The maximum atomic E-state index is 11.5. The SMILES string of the molecule is O=C(O)c1nc2c([N+](=O)[O-])cnn2c2c1CCN2C1CCC1.